The number of benzene rings is 2. The summed E-state index contributed by atoms with van der Waals surface area (Å²) >= 11 is 0. The van der Waals surface area contributed by atoms with Gasteiger partial charge in [-0.05, 0) is 50.2 Å². The molecule has 1 aliphatic heterocycles. The van der Waals surface area contributed by atoms with E-state index in [0.717, 1.165) is 35.4 Å². The minimum atomic E-state index is -0.346. The van der Waals surface area contributed by atoms with Crippen molar-refractivity contribution in [3.05, 3.63) is 59.1 Å². The Morgan fingerprint density at radius 3 is 2.65 bits per heavy atom. The highest BCUT2D eigenvalue weighted by Gasteiger charge is 2.28. The monoisotopic (exact) mass is 427 g/mol. The third-order valence-corrected chi connectivity index (χ3v) is 5.84. The highest BCUT2D eigenvalue weighted by atomic mass is 19.1. The second kappa shape index (κ2) is 8.98. The van der Waals surface area contributed by atoms with E-state index in [0.29, 0.717) is 37.6 Å². The zero-order chi connectivity index (χ0) is 22.0. The van der Waals surface area contributed by atoms with Crippen molar-refractivity contribution in [1.29, 1.82) is 0 Å². The summed E-state index contributed by atoms with van der Waals surface area (Å²) in [6, 6.07) is 10.7. The number of hydrogen-bond acceptors (Lipinski definition) is 4. The molecule has 7 heteroatoms. The smallest absolute Gasteiger partial charge is 0.290 e. The molecule has 0 unspecified atom stereocenters. The number of methoxy groups -OCH3 is 1. The van der Waals surface area contributed by atoms with Crippen molar-refractivity contribution >= 4 is 16.9 Å². The van der Waals surface area contributed by atoms with Crippen molar-refractivity contribution in [2.45, 2.75) is 20.4 Å². The molecule has 1 fully saturated rings. The quantitative estimate of drug-likeness (QED) is 0.657. The van der Waals surface area contributed by atoms with Crippen LogP contribution in [0.5, 0.6) is 11.5 Å². The summed E-state index contributed by atoms with van der Waals surface area (Å²) < 4.78 is 30.4. The SMILES string of the molecule is CCOc1ccc2oc(C(=O)N3CC[NH+](Cc4ccc(OC)c(F)c4)CC3)c(C)c2c1. The number of carbonyl (C=O) groups excluding carboxylic acids is 1. The lowest BCUT2D eigenvalue weighted by atomic mass is 10.1. The number of nitrogens with one attached hydrogen (secondary N) is 1. The molecule has 0 radical (unpaired) electrons. The standard InChI is InChI=1S/C24H27FN2O4/c1-4-30-18-6-8-21-19(14-18)16(2)23(31-21)24(28)27-11-9-26(10-12-27)15-17-5-7-22(29-3)20(25)13-17/h5-8,13-14H,4,9-12,15H2,1-3H3/p+1. The number of aryl methyl sites for hydroxylation is 1. The topological polar surface area (TPSA) is 56.3 Å². The predicted molar refractivity (Wildman–Crippen MR) is 115 cm³/mol. The zero-order valence-corrected chi connectivity index (χ0v) is 18.2. The molecule has 4 rings (SSSR count). The normalized spacial score (nSPS) is 14.8. The maximum Gasteiger partial charge on any atom is 0.290 e. The Bertz CT molecular complexity index is 1090. The summed E-state index contributed by atoms with van der Waals surface area (Å²) in [4.78, 5) is 16.3. The fourth-order valence-electron chi connectivity index (χ4n) is 4.12. The molecule has 0 aliphatic carbocycles. The van der Waals surface area contributed by atoms with E-state index < -0.39 is 0 Å². The number of piperazine rings is 1. The van der Waals surface area contributed by atoms with Crippen molar-refractivity contribution in [3.63, 3.8) is 0 Å². The number of rotatable bonds is 6. The molecule has 0 saturated carbocycles. The Balaban J connectivity index is 1.41. The van der Waals surface area contributed by atoms with Gasteiger partial charge in [-0.15, -0.1) is 0 Å². The van der Waals surface area contributed by atoms with Gasteiger partial charge in [-0.2, -0.15) is 0 Å². The van der Waals surface area contributed by atoms with Gasteiger partial charge < -0.3 is 23.7 Å². The van der Waals surface area contributed by atoms with E-state index in [1.807, 2.05) is 43.0 Å². The van der Waals surface area contributed by atoms with Gasteiger partial charge in [0.1, 0.15) is 17.9 Å². The van der Waals surface area contributed by atoms with Gasteiger partial charge in [0.05, 0.1) is 39.9 Å². The fourth-order valence-corrected chi connectivity index (χ4v) is 4.12. The first-order valence-electron chi connectivity index (χ1n) is 10.6. The van der Waals surface area contributed by atoms with Crippen LogP contribution < -0.4 is 14.4 Å². The number of fused-ring (bicyclic) bond motifs is 1. The van der Waals surface area contributed by atoms with E-state index in [2.05, 4.69) is 0 Å². The fraction of sp³-hybridized carbons (Fsp3) is 0.375. The second-order valence-corrected chi connectivity index (χ2v) is 7.84. The number of nitrogens with zero attached hydrogens (tertiary/aromatic N) is 1. The van der Waals surface area contributed by atoms with Gasteiger partial charge in [0.15, 0.2) is 17.3 Å². The Hall–Kier alpha value is -3.06. The molecule has 1 aliphatic rings. The summed E-state index contributed by atoms with van der Waals surface area (Å²) in [6.07, 6.45) is 0. The van der Waals surface area contributed by atoms with Crippen molar-refractivity contribution < 1.29 is 28.0 Å². The summed E-state index contributed by atoms with van der Waals surface area (Å²) in [5.41, 5.74) is 2.45. The lowest BCUT2D eigenvalue weighted by Gasteiger charge is -2.32. The summed E-state index contributed by atoms with van der Waals surface area (Å²) in [7, 11) is 1.46. The van der Waals surface area contributed by atoms with Crippen LogP contribution in [0, 0.1) is 12.7 Å². The van der Waals surface area contributed by atoms with E-state index in [1.54, 1.807) is 6.07 Å². The maximum absolute atomic E-state index is 13.9. The van der Waals surface area contributed by atoms with Crippen molar-refractivity contribution in [3.8, 4) is 11.5 Å². The highest BCUT2D eigenvalue weighted by Crippen LogP contribution is 2.29. The molecule has 164 valence electrons. The molecule has 0 spiro atoms. The average Bonchev–Trinajstić information content (AvgIpc) is 3.10. The number of amides is 1. The van der Waals surface area contributed by atoms with Crippen molar-refractivity contribution in [2.24, 2.45) is 0 Å². The van der Waals surface area contributed by atoms with Crippen LogP contribution in [0.4, 0.5) is 4.39 Å². The third-order valence-electron chi connectivity index (χ3n) is 5.84. The van der Waals surface area contributed by atoms with Crippen LogP contribution in [0.15, 0.2) is 40.8 Å². The largest absolute Gasteiger partial charge is 0.494 e. The number of quaternary nitrogens is 1. The molecule has 0 atom stereocenters. The first kappa shape index (κ1) is 21.2. The van der Waals surface area contributed by atoms with Gasteiger partial charge >= 0.3 is 0 Å². The molecular formula is C24H28FN2O4+. The first-order valence-corrected chi connectivity index (χ1v) is 10.6. The molecule has 1 N–H and O–H groups in total. The van der Waals surface area contributed by atoms with E-state index in [9.17, 15) is 9.18 Å². The lowest BCUT2D eigenvalue weighted by molar-refractivity contribution is -0.917. The molecule has 0 bridgehead atoms. The molecular weight excluding hydrogens is 399 g/mol. The van der Waals surface area contributed by atoms with Gasteiger partial charge in [0.25, 0.3) is 5.91 Å². The van der Waals surface area contributed by atoms with E-state index in [1.165, 1.54) is 18.1 Å². The Kier molecular flexibility index (Phi) is 6.13. The van der Waals surface area contributed by atoms with Crippen molar-refractivity contribution in [2.75, 3.05) is 39.9 Å². The average molecular weight is 427 g/mol. The third kappa shape index (κ3) is 4.37. The number of carbonyl (C=O) groups is 1. The zero-order valence-electron chi connectivity index (χ0n) is 18.2. The van der Waals surface area contributed by atoms with E-state index in [4.69, 9.17) is 13.9 Å². The van der Waals surface area contributed by atoms with Crippen molar-refractivity contribution in [1.82, 2.24) is 4.90 Å². The maximum atomic E-state index is 13.9. The molecule has 1 amide bonds. The van der Waals surface area contributed by atoms with Crippen LogP contribution in [0.3, 0.4) is 0 Å². The number of halogens is 1. The Labute approximate surface area is 181 Å². The number of ether oxygens (including phenoxy) is 2. The van der Waals surface area contributed by atoms with Gasteiger partial charge in [0, 0.05) is 16.5 Å². The number of furan rings is 1. The van der Waals surface area contributed by atoms with Crippen LogP contribution in [-0.2, 0) is 6.54 Å². The second-order valence-electron chi connectivity index (χ2n) is 7.84. The molecule has 31 heavy (non-hydrogen) atoms. The van der Waals surface area contributed by atoms with E-state index >= 15 is 0 Å². The minimum Gasteiger partial charge on any atom is -0.494 e. The molecule has 6 nitrogen and oxygen atoms in total. The van der Waals surface area contributed by atoms with Gasteiger partial charge in [-0.1, -0.05) is 0 Å². The van der Waals surface area contributed by atoms with Gasteiger partial charge in [0.2, 0.25) is 0 Å². The summed E-state index contributed by atoms with van der Waals surface area (Å²) in [5, 5.41) is 0.903. The summed E-state index contributed by atoms with van der Waals surface area (Å²) in [6.45, 7) is 8.01. The van der Waals surface area contributed by atoms with Crippen LogP contribution >= 0.6 is 0 Å². The lowest BCUT2D eigenvalue weighted by Crippen LogP contribution is -3.13. The first-order chi connectivity index (χ1) is 15.0. The summed E-state index contributed by atoms with van der Waals surface area (Å²) in [5.74, 6) is 0.987. The van der Waals surface area contributed by atoms with E-state index in [-0.39, 0.29) is 17.5 Å². The Morgan fingerprint density at radius 1 is 1.19 bits per heavy atom. The molecule has 1 saturated heterocycles. The molecule has 2 aromatic carbocycles. The highest BCUT2D eigenvalue weighted by molar-refractivity contribution is 5.99. The van der Waals surface area contributed by atoms with Crippen LogP contribution in [0.1, 0.15) is 28.6 Å². The van der Waals surface area contributed by atoms with Crippen LogP contribution in [-0.4, -0.2) is 50.7 Å². The molecule has 2 heterocycles. The van der Waals surface area contributed by atoms with Crippen LogP contribution in [0.25, 0.3) is 11.0 Å². The molecule has 3 aromatic rings. The number of hydrogen-bond donors (Lipinski definition) is 1. The minimum absolute atomic E-state index is 0.0822. The van der Waals surface area contributed by atoms with Gasteiger partial charge in [-0.25, -0.2) is 4.39 Å². The molecule has 1 aromatic heterocycles. The predicted octanol–water partition coefficient (Wildman–Crippen LogP) is 2.83. The van der Waals surface area contributed by atoms with Gasteiger partial charge in [-0.3, -0.25) is 4.79 Å². The Morgan fingerprint density at radius 2 is 1.97 bits per heavy atom. The van der Waals surface area contributed by atoms with Crippen LogP contribution in [0.2, 0.25) is 0 Å².